The van der Waals surface area contributed by atoms with Gasteiger partial charge in [-0.2, -0.15) is 18.2 Å². The van der Waals surface area contributed by atoms with Gasteiger partial charge >= 0.3 is 6.18 Å². The number of hydrogen-bond donors (Lipinski definition) is 1. The van der Waals surface area contributed by atoms with Gasteiger partial charge in [-0.25, -0.2) is 0 Å². The standard InChI is InChI=1S/C10H13F3N4O3/c1-14-9(18)8-15-7(20-16-8)5-17-2-3-19-6(4-17)10(11,12)13/h6H,2-5H2,1H3,(H,14,18)/t6-/m1/s1. The molecule has 1 atom stereocenters. The summed E-state index contributed by atoms with van der Waals surface area (Å²) in [7, 11) is 1.41. The van der Waals surface area contributed by atoms with E-state index in [0.717, 1.165) is 0 Å². The predicted molar refractivity (Wildman–Crippen MR) is 58.8 cm³/mol. The highest BCUT2D eigenvalue weighted by atomic mass is 19.4. The lowest BCUT2D eigenvalue weighted by Crippen LogP contribution is -2.48. The number of rotatable bonds is 3. The molecule has 1 aliphatic rings. The average Bonchev–Trinajstić information content (AvgIpc) is 2.85. The van der Waals surface area contributed by atoms with E-state index in [1.54, 1.807) is 0 Å². The molecule has 1 N–H and O–H groups in total. The first kappa shape index (κ1) is 14.7. The van der Waals surface area contributed by atoms with Crippen LogP contribution in [0, 0.1) is 0 Å². The van der Waals surface area contributed by atoms with E-state index < -0.39 is 18.2 Å². The van der Waals surface area contributed by atoms with Gasteiger partial charge in [0.1, 0.15) is 0 Å². The van der Waals surface area contributed by atoms with Crippen LogP contribution in [-0.2, 0) is 11.3 Å². The van der Waals surface area contributed by atoms with Crippen LogP contribution in [0.4, 0.5) is 13.2 Å². The monoisotopic (exact) mass is 294 g/mol. The number of nitrogens with zero attached hydrogens (tertiary/aromatic N) is 3. The van der Waals surface area contributed by atoms with E-state index in [-0.39, 0.29) is 31.4 Å². The molecule has 0 radical (unpaired) electrons. The highest BCUT2D eigenvalue weighted by Gasteiger charge is 2.43. The largest absolute Gasteiger partial charge is 0.415 e. The maximum atomic E-state index is 12.6. The second-order valence-corrected chi connectivity index (χ2v) is 4.23. The maximum Gasteiger partial charge on any atom is 0.415 e. The summed E-state index contributed by atoms with van der Waals surface area (Å²) in [5.41, 5.74) is 0. The van der Waals surface area contributed by atoms with E-state index in [4.69, 9.17) is 4.52 Å². The van der Waals surface area contributed by atoms with E-state index in [1.807, 2.05) is 0 Å². The molecule has 1 saturated heterocycles. The van der Waals surface area contributed by atoms with E-state index in [0.29, 0.717) is 6.54 Å². The first-order chi connectivity index (χ1) is 9.40. The van der Waals surface area contributed by atoms with Crippen molar-refractivity contribution in [3.63, 3.8) is 0 Å². The van der Waals surface area contributed by atoms with Crippen LogP contribution in [0.1, 0.15) is 16.5 Å². The normalized spacial score (nSPS) is 20.9. The smallest absolute Gasteiger partial charge is 0.366 e. The lowest BCUT2D eigenvalue weighted by Gasteiger charge is -2.32. The van der Waals surface area contributed by atoms with Crippen molar-refractivity contribution < 1.29 is 27.2 Å². The second kappa shape index (κ2) is 5.75. The molecule has 2 rings (SSSR count). The van der Waals surface area contributed by atoms with Crippen molar-refractivity contribution in [1.82, 2.24) is 20.4 Å². The zero-order valence-corrected chi connectivity index (χ0v) is 10.6. The molecule has 0 aromatic carbocycles. The second-order valence-electron chi connectivity index (χ2n) is 4.23. The fraction of sp³-hybridized carbons (Fsp3) is 0.700. The molecule has 1 fully saturated rings. The van der Waals surface area contributed by atoms with Crippen LogP contribution >= 0.6 is 0 Å². The number of amides is 1. The van der Waals surface area contributed by atoms with Crippen molar-refractivity contribution in [3.8, 4) is 0 Å². The van der Waals surface area contributed by atoms with Crippen LogP contribution in [0.5, 0.6) is 0 Å². The van der Waals surface area contributed by atoms with Crippen molar-refractivity contribution >= 4 is 5.91 Å². The average molecular weight is 294 g/mol. The Hall–Kier alpha value is -1.68. The Bertz CT molecular complexity index is 477. The first-order valence-corrected chi connectivity index (χ1v) is 5.85. The molecule has 1 aromatic rings. The number of alkyl halides is 3. The Kier molecular flexibility index (Phi) is 4.23. The van der Waals surface area contributed by atoms with Crippen molar-refractivity contribution in [2.24, 2.45) is 0 Å². The molecular weight excluding hydrogens is 281 g/mol. The number of halogens is 3. The Labute approximate surface area is 112 Å². The van der Waals surface area contributed by atoms with Gasteiger partial charge in [-0.15, -0.1) is 0 Å². The molecule has 2 heterocycles. The molecule has 1 amide bonds. The molecule has 112 valence electrons. The number of nitrogens with one attached hydrogen (secondary N) is 1. The summed E-state index contributed by atoms with van der Waals surface area (Å²) in [5, 5.41) is 5.76. The van der Waals surface area contributed by atoms with Gasteiger partial charge in [0.25, 0.3) is 11.7 Å². The van der Waals surface area contributed by atoms with Crippen molar-refractivity contribution in [3.05, 3.63) is 11.7 Å². The Morgan fingerprint density at radius 1 is 1.55 bits per heavy atom. The molecule has 0 spiro atoms. The van der Waals surface area contributed by atoms with Crippen molar-refractivity contribution in [1.29, 1.82) is 0 Å². The Morgan fingerprint density at radius 2 is 2.30 bits per heavy atom. The third-order valence-electron chi connectivity index (χ3n) is 2.77. The third-order valence-corrected chi connectivity index (χ3v) is 2.77. The highest BCUT2D eigenvalue weighted by Crippen LogP contribution is 2.26. The van der Waals surface area contributed by atoms with Crippen LogP contribution in [0.2, 0.25) is 0 Å². The van der Waals surface area contributed by atoms with E-state index in [2.05, 4.69) is 20.2 Å². The minimum atomic E-state index is -4.40. The summed E-state index contributed by atoms with van der Waals surface area (Å²) in [4.78, 5) is 16.5. The Balaban J connectivity index is 1.96. The van der Waals surface area contributed by atoms with Crippen LogP contribution in [0.3, 0.4) is 0 Å². The summed E-state index contributed by atoms with van der Waals surface area (Å²) < 4.78 is 47.2. The van der Waals surface area contributed by atoms with Gasteiger partial charge in [0.05, 0.1) is 13.2 Å². The van der Waals surface area contributed by atoms with Crippen LogP contribution in [0.25, 0.3) is 0 Å². The number of carbonyl (C=O) groups excluding carboxylic acids is 1. The van der Waals surface area contributed by atoms with Crippen LogP contribution in [0.15, 0.2) is 4.52 Å². The summed E-state index contributed by atoms with van der Waals surface area (Å²) in [6.07, 6.45) is -6.22. The molecule has 7 nitrogen and oxygen atoms in total. The molecule has 0 unspecified atom stereocenters. The predicted octanol–water partition coefficient (Wildman–Crippen LogP) is 0.192. The molecule has 0 aliphatic carbocycles. The molecule has 0 bridgehead atoms. The Morgan fingerprint density at radius 3 is 2.95 bits per heavy atom. The number of ether oxygens (including phenoxy) is 1. The van der Waals surface area contributed by atoms with Gasteiger partial charge in [-0.05, 0) is 0 Å². The topological polar surface area (TPSA) is 80.5 Å². The van der Waals surface area contributed by atoms with Gasteiger partial charge in [-0.1, -0.05) is 5.16 Å². The number of carbonyl (C=O) groups is 1. The zero-order chi connectivity index (χ0) is 14.8. The number of hydrogen-bond acceptors (Lipinski definition) is 6. The molecule has 20 heavy (non-hydrogen) atoms. The van der Waals surface area contributed by atoms with Gasteiger partial charge in [0.2, 0.25) is 5.89 Å². The van der Waals surface area contributed by atoms with Crippen molar-refractivity contribution in [2.75, 3.05) is 26.7 Å². The van der Waals surface area contributed by atoms with Gasteiger partial charge in [0, 0.05) is 20.1 Å². The van der Waals surface area contributed by atoms with E-state index in [9.17, 15) is 18.0 Å². The molecule has 1 aliphatic heterocycles. The molecular formula is C10H13F3N4O3. The fourth-order valence-electron chi connectivity index (χ4n) is 1.76. The minimum absolute atomic E-state index is 0.0272. The van der Waals surface area contributed by atoms with Gasteiger partial charge in [0.15, 0.2) is 6.10 Å². The van der Waals surface area contributed by atoms with Gasteiger partial charge < -0.3 is 14.6 Å². The summed E-state index contributed by atoms with van der Waals surface area (Å²) in [6.45, 7) is 0.0337. The summed E-state index contributed by atoms with van der Waals surface area (Å²) >= 11 is 0. The molecule has 10 heteroatoms. The quantitative estimate of drug-likeness (QED) is 0.857. The SMILES string of the molecule is CNC(=O)c1noc(CN2CCO[C@@H](C(F)(F)F)C2)n1. The lowest BCUT2D eigenvalue weighted by atomic mass is 10.2. The van der Waals surface area contributed by atoms with Crippen LogP contribution < -0.4 is 5.32 Å². The highest BCUT2D eigenvalue weighted by molar-refractivity contribution is 5.89. The van der Waals surface area contributed by atoms with E-state index >= 15 is 0 Å². The van der Waals surface area contributed by atoms with Gasteiger partial charge in [-0.3, -0.25) is 9.69 Å². The van der Waals surface area contributed by atoms with Crippen LogP contribution in [-0.4, -0.2) is 60.0 Å². The van der Waals surface area contributed by atoms with E-state index in [1.165, 1.54) is 11.9 Å². The molecule has 1 aromatic heterocycles. The number of morpholine rings is 1. The zero-order valence-electron chi connectivity index (χ0n) is 10.6. The lowest BCUT2D eigenvalue weighted by molar-refractivity contribution is -0.238. The summed E-state index contributed by atoms with van der Waals surface area (Å²) in [5.74, 6) is -0.579. The minimum Gasteiger partial charge on any atom is -0.366 e. The third kappa shape index (κ3) is 3.45. The fourth-order valence-corrected chi connectivity index (χ4v) is 1.76. The molecule has 0 saturated carbocycles. The first-order valence-electron chi connectivity index (χ1n) is 5.85. The number of aromatic nitrogens is 2. The van der Waals surface area contributed by atoms with Crippen molar-refractivity contribution in [2.45, 2.75) is 18.8 Å². The summed E-state index contributed by atoms with van der Waals surface area (Å²) in [6, 6.07) is 0. The maximum absolute atomic E-state index is 12.6.